The Morgan fingerprint density at radius 3 is 3.07 bits per heavy atom. The molecule has 0 aromatic heterocycles. The average molecular weight is 192 g/mol. The fourth-order valence-corrected chi connectivity index (χ4v) is 2.22. The van der Waals surface area contributed by atoms with Crippen LogP contribution in [0.2, 0.25) is 0 Å². The summed E-state index contributed by atoms with van der Waals surface area (Å²) in [6.07, 6.45) is 12.7. The quantitative estimate of drug-likeness (QED) is 0.721. The Bertz CT molecular complexity index is 232. The highest BCUT2D eigenvalue weighted by molar-refractivity contribution is 5.11. The third-order valence-electron chi connectivity index (χ3n) is 2.99. The molecule has 0 spiro atoms. The summed E-state index contributed by atoms with van der Waals surface area (Å²) in [5.74, 6) is 0.706. The second-order valence-electron chi connectivity index (χ2n) is 4.43. The Balaban J connectivity index is 1.79. The first-order chi connectivity index (χ1) is 6.84. The van der Waals surface area contributed by atoms with Gasteiger partial charge in [-0.1, -0.05) is 24.3 Å². The highest BCUT2D eigenvalue weighted by atomic mass is 15.5. The molecule has 0 bridgehead atoms. The van der Waals surface area contributed by atoms with E-state index in [1.807, 2.05) is 0 Å². The first-order valence-corrected chi connectivity index (χ1v) is 5.69. The van der Waals surface area contributed by atoms with Crippen LogP contribution in [0.1, 0.15) is 26.2 Å². The fourth-order valence-electron chi connectivity index (χ4n) is 2.22. The zero-order valence-electron chi connectivity index (χ0n) is 8.95. The normalized spacial score (nSPS) is 33.5. The number of rotatable bonds is 2. The lowest BCUT2D eigenvalue weighted by molar-refractivity contribution is 0.107. The van der Waals surface area contributed by atoms with Crippen LogP contribution < -0.4 is 5.43 Å². The van der Waals surface area contributed by atoms with Crippen molar-refractivity contribution in [2.45, 2.75) is 32.2 Å². The maximum atomic E-state index is 3.54. The van der Waals surface area contributed by atoms with Crippen LogP contribution >= 0.6 is 0 Å². The lowest BCUT2D eigenvalue weighted by atomic mass is 10.0. The van der Waals surface area contributed by atoms with Crippen LogP contribution in [0, 0.1) is 5.92 Å². The highest BCUT2D eigenvalue weighted by Crippen LogP contribution is 2.15. The predicted octanol–water partition coefficient (Wildman–Crippen LogP) is 2.11. The molecule has 2 heteroatoms. The van der Waals surface area contributed by atoms with Gasteiger partial charge >= 0.3 is 0 Å². The van der Waals surface area contributed by atoms with Gasteiger partial charge in [-0.2, -0.15) is 0 Å². The van der Waals surface area contributed by atoms with E-state index in [2.05, 4.69) is 41.7 Å². The molecule has 1 saturated heterocycles. The number of nitrogens with one attached hydrogen (secondary N) is 1. The molecule has 78 valence electrons. The molecule has 1 unspecified atom stereocenters. The van der Waals surface area contributed by atoms with E-state index >= 15 is 0 Å². The summed E-state index contributed by atoms with van der Waals surface area (Å²) in [5, 5.41) is 2.39. The molecule has 0 aromatic carbocycles. The van der Waals surface area contributed by atoms with Gasteiger partial charge in [0.15, 0.2) is 0 Å². The minimum Gasteiger partial charge on any atom is -0.252 e. The van der Waals surface area contributed by atoms with Gasteiger partial charge in [0.25, 0.3) is 0 Å². The molecule has 2 nitrogen and oxygen atoms in total. The van der Waals surface area contributed by atoms with Crippen molar-refractivity contribution in [1.82, 2.24) is 10.4 Å². The minimum atomic E-state index is 0.659. The Kier molecular flexibility index (Phi) is 3.38. The summed E-state index contributed by atoms with van der Waals surface area (Å²) < 4.78 is 0. The first-order valence-electron chi connectivity index (χ1n) is 5.69. The van der Waals surface area contributed by atoms with Gasteiger partial charge in [0.2, 0.25) is 0 Å². The van der Waals surface area contributed by atoms with E-state index in [9.17, 15) is 0 Å². The zero-order valence-corrected chi connectivity index (χ0v) is 8.95. The molecule has 1 aliphatic carbocycles. The standard InChI is InChI=1S/C12H20N2/c1-11-6-5-9-14(13-11)10-12-7-3-2-4-8-12/h2-4,7,11-13H,5-6,8-10H2,1H3/t11-,12?/m1/s1. The SMILES string of the molecule is C[C@@H]1CCCN(CC2C=CC=CC2)N1. The van der Waals surface area contributed by atoms with Gasteiger partial charge in [0.05, 0.1) is 0 Å². The van der Waals surface area contributed by atoms with Gasteiger partial charge in [-0.25, -0.2) is 5.01 Å². The first kappa shape index (κ1) is 9.94. The molecule has 0 saturated carbocycles. The van der Waals surface area contributed by atoms with Gasteiger partial charge in [-0.3, -0.25) is 5.43 Å². The molecule has 2 rings (SSSR count). The predicted molar refractivity (Wildman–Crippen MR) is 59.8 cm³/mol. The molecule has 1 fully saturated rings. The van der Waals surface area contributed by atoms with Crippen LogP contribution in [0.5, 0.6) is 0 Å². The summed E-state index contributed by atoms with van der Waals surface area (Å²) in [6.45, 7) is 4.63. The van der Waals surface area contributed by atoms with E-state index in [0.29, 0.717) is 12.0 Å². The second-order valence-corrected chi connectivity index (χ2v) is 4.43. The van der Waals surface area contributed by atoms with Gasteiger partial charge in [0, 0.05) is 19.1 Å². The third kappa shape index (κ3) is 2.69. The molecule has 1 heterocycles. The maximum Gasteiger partial charge on any atom is 0.0197 e. The third-order valence-corrected chi connectivity index (χ3v) is 2.99. The molecule has 0 radical (unpaired) electrons. The Labute approximate surface area is 86.6 Å². The van der Waals surface area contributed by atoms with Crippen LogP contribution in [0.15, 0.2) is 24.3 Å². The Hall–Kier alpha value is -0.600. The lowest BCUT2D eigenvalue weighted by Crippen LogP contribution is -2.49. The molecule has 2 aliphatic rings. The van der Waals surface area contributed by atoms with Gasteiger partial charge in [-0.15, -0.1) is 0 Å². The molecular formula is C12H20N2. The smallest absolute Gasteiger partial charge is 0.0197 e. The topological polar surface area (TPSA) is 15.3 Å². The number of allylic oxidation sites excluding steroid dienone is 3. The lowest BCUT2D eigenvalue weighted by Gasteiger charge is -2.34. The van der Waals surface area contributed by atoms with Crippen LogP contribution in [0.25, 0.3) is 0 Å². The largest absolute Gasteiger partial charge is 0.252 e. The summed E-state index contributed by atoms with van der Waals surface area (Å²) in [4.78, 5) is 0. The average Bonchev–Trinajstić information content (AvgIpc) is 2.19. The molecular weight excluding hydrogens is 172 g/mol. The van der Waals surface area contributed by atoms with Crippen molar-refractivity contribution in [2.75, 3.05) is 13.1 Å². The van der Waals surface area contributed by atoms with Crippen LogP contribution in [-0.4, -0.2) is 24.1 Å². The van der Waals surface area contributed by atoms with Gasteiger partial charge in [0.1, 0.15) is 0 Å². The van der Waals surface area contributed by atoms with E-state index in [1.165, 1.54) is 25.8 Å². The van der Waals surface area contributed by atoms with E-state index in [0.717, 1.165) is 6.54 Å². The molecule has 1 N–H and O–H groups in total. The van der Waals surface area contributed by atoms with Gasteiger partial charge < -0.3 is 0 Å². The van der Waals surface area contributed by atoms with E-state index in [4.69, 9.17) is 0 Å². The Morgan fingerprint density at radius 1 is 1.43 bits per heavy atom. The summed E-state index contributed by atoms with van der Waals surface area (Å²) in [6, 6.07) is 0.659. The van der Waals surface area contributed by atoms with E-state index in [-0.39, 0.29) is 0 Å². The van der Waals surface area contributed by atoms with Crippen molar-refractivity contribution >= 4 is 0 Å². The fraction of sp³-hybridized carbons (Fsp3) is 0.667. The summed E-state index contributed by atoms with van der Waals surface area (Å²) in [5.41, 5.74) is 3.54. The van der Waals surface area contributed by atoms with E-state index in [1.54, 1.807) is 0 Å². The van der Waals surface area contributed by atoms with Crippen molar-refractivity contribution in [3.05, 3.63) is 24.3 Å². The van der Waals surface area contributed by atoms with Crippen LogP contribution in [-0.2, 0) is 0 Å². The highest BCUT2D eigenvalue weighted by Gasteiger charge is 2.17. The maximum absolute atomic E-state index is 3.54. The number of hydrogen-bond acceptors (Lipinski definition) is 2. The second kappa shape index (κ2) is 4.76. The number of hydrazine groups is 1. The monoisotopic (exact) mass is 192 g/mol. The van der Waals surface area contributed by atoms with Crippen LogP contribution in [0.3, 0.4) is 0 Å². The van der Waals surface area contributed by atoms with Crippen molar-refractivity contribution < 1.29 is 0 Å². The molecule has 1 aliphatic heterocycles. The number of hydrogen-bond donors (Lipinski definition) is 1. The zero-order chi connectivity index (χ0) is 9.80. The van der Waals surface area contributed by atoms with Crippen molar-refractivity contribution in [2.24, 2.45) is 5.92 Å². The summed E-state index contributed by atoms with van der Waals surface area (Å²) in [7, 11) is 0. The molecule has 2 atom stereocenters. The molecule has 0 aromatic rings. The van der Waals surface area contributed by atoms with Crippen molar-refractivity contribution in [3.8, 4) is 0 Å². The van der Waals surface area contributed by atoms with Gasteiger partial charge in [-0.05, 0) is 32.1 Å². The minimum absolute atomic E-state index is 0.659. The summed E-state index contributed by atoms with van der Waals surface area (Å²) >= 11 is 0. The number of nitrogens with zero attached hydrogens (tertiary/aromatic N) is 1. The molecule has 0 amide bonds. The van der Waals surface area contributed by atoms with Crippen molar-refractivity contribution in [3.63, 3.8) is 0 Å². The van der Waals surface area contributed by atoms with Crippen molar-refractivity contribution in [1.29, 1.82) is 0 Å². The van der Waals surface area contributed by atoms with E-state index < -0.39 is 0 Å². The van der Waals surface area contributed by atoms with Crippen LogP contribution in [0.4, 0.5) is 0 Å². The molecule has 14 heavy (non-hydrogen) atoms. The Morgan fingerprint density at radius 2 is 2.36 bits per heavy atom.